The van der Waals surface area contributed by atoms with E-state index in [-0.39, 0.29) is 11.3 Å². The van der Waals surface area contributed by atoms with Crippen molar-refractivity contribution in [1.29, 1.82) is 0 Å². The highest BCUT2D eigenvalue weighted by Crippen LogP contribution is 2.33. The van der Waals surface area contributed by atoms with Crippen molar-refractivity contribution in [1.82, 2.24) is 10.2 Å². The third kappa shape index (κ3) is 2.74. The molecule has 0 saturated heterocycles. The Balaban J connectivity index is 2.40. The van der Waals surface area contributed by atoms with E-state index in [1.165, 1.54) is 6.92 Å². The number of nitrogens with two attached hydrogens (primary N) is 1. The zero-order chi connectivity index (χ0) is 14.2. The molecule has 0 aliphatic heterocycles. The first-order valence-electron chi connectivity index (χ1n) is 5.44. The zero-order valence-electron chi connectivity index (χ0n) is 9.92. The number of hydrogen-bond donors (Lipinski definition) is 2. The predicted octanol–water partition coefficient (Wildman–Crippen LogP) is 3.44. The van der Waals surface area contributed by atoms with Gasteiger partial charge in [0.1, 0.15) is 0 Å². The topological polar surface area (TPSA) is 54.7 Å². The Kier molecular flexibility index (Phi) is 3.56. The van der Waals surface area contributed by atoms with Crippen LogP contribution in [0.5, 0.6) is 0 Å². The number of rotatable bonds is 2. The Bertz CT molecular complexity index is 592. The molecule has 3 N–H and O–H groups in total. The van der Waals surface area contributed by atoms with Crippen LogP contribution in [0.4, 0.5) is 13.2 Å². The summed E-state index contributed by atoms with van der Waals surface area (Å²) in [5.41, 5.74) is 5.85. The van der Waals surface area contributed by atoms with Crippen LogP contribution in [-0.2, 0) is 6.18 Å². The third-order valence-electron chi connectivity index (χ3n) is 2.83. The van der Waals surface area contributed by atoms with E-state index in [9.17, 15) is 13.2 Å². The van der Waals surface area contributed by atoms with Crippen LogP contribution < -0.4 is 5.73 Å². The molecule has 1 heterocycles. The smallest absolute Gasteiger partial charge is 0.319 e. The Morgan fingerprint density at radius 3 is 2.58 bits per heavy atom. The van der Waals surface area contributed by atoms with Gasteiger partial charge in [0.05, 0.1) is 11.7 Å². The minimum atomic E-state index is -4.49. The second kappa shape index (κ2) is 4.86. The molecule has 7 heteroatoms. The number of H-pyrrole nitrogens is 1. The molecule has 0 aliphatic carbocycles. The molecule has 1 atom stereocenters. The first-order valence-corrected chi connectivity index (χ1v) is 5.81. The highest BCUT2D eigenvalue weighted by Gasteiger charge is 2.37. The molecule has 0 amide bonds. The monoisotopic (exact) mass is 289 g/mol. The quantitative estimate of drug-likeness (QED) is 0.890. The summed E-state index contributed by atoms with van der Waals surface area (Å²) in [6.45, 7) is 1.34. The molecule has 1 aromatic carbocycles. The highest BCUT2D eigenvalue weighted by molar-refractivity contribution is 6.30. The molecule has 1 aromatic heterocycles. The second-order valence-corrected chi connectivity index (χ2v) is 4.58. The molecular formula is C12H11ClF3N3. The van der Waals surface area contributed by atoms with Crippen molar-refractivity contribution in [3.8, 4) is 0 Å². The lowest BCUT2D eigenvalue weighted by atomic mass is 10.0. The number of nitrogens with zero attached hydrogens (tertiary/aromatic N) is 1. The molecule has 2 rings (SSSR count). The number of halogens is 4. The fourth-order valence-electron chi connectivity index (χ4n) is 1.86. The predicted molar refractivity (Wildman–Crippen MR) is 65.8 cm³/mol. The van der Waals surface area contributed by atoms with Crippen LogP contribution in [0, 0.1) is 6.92 Å². The normalized spacial score (nSPS) is 13.6. The Morgan fingerprint density at radius 2 is 2.05 bits per heavy atom. The van der Waals surface area contributed by atoms with Gasteiger partial charge in [0.2, 0.25) is 0 Å². The van der Waals surface area contributed by atoms with Gasteiger partial charge in [-0.15, -0.1) is 0 Å². The van der Waals surface area contributed by atoms with Crippen molar-refractivity contribution in [2.24, 2.45) is 5.73 Å². The van der Waals surface area contributed by atoms with Crippen LogP contribution in [0.25, 0.3) is 0 Å². The minimum absolute atomic E-state index is 0.0000227. The van der Waals surface area contributed by atoms with Crippen LogP contribution >= 0.6 is 11.6 Å². The average molecular weight is 290 g/mol. The maximum Gasteiger partial charge on any atom is 0.435 e. The summed E-state index contributed by atoms with van der Waals surface area (Å²) in [6.07, 6.45) is -4.49. The van der Waals surface area contributed by atoms with Gasteiger partial charge < -0.3 is 5.73 Å². The van der Waals surface area contributed by atoms with Crippen LogP contribution in [0.15, 0.2) is 24.3 Å². The van der Waals surface area contributed by atoms with E-state index >= 15 is 0 Å². The fourth-order valence-corrected chi connectivity index (χ4v) is 2.06. The number of benzene rings is 1. The van der Waals surface area contributed by atoms with Crippen LogP contribution in [-0.4, -0.2) is 10.2 Å². The van der Waals surface area contributed by atoms with Gasteiger partial charge in [0.15, 0.2) is 5.69 Å². The van der Waals surface area contributed by atoms with Crippen LogP contribution in [0.1, 0.15) is 28.6 Å². The lowest BCUT2D eigenvalue weighted by Gasteiger charge is -2.12. The number of alkyl halides is 3. The fraction of sp³-hybridized carbons (Fsp3) is 0.250. The third-order valence-corrected chi connectivity index (χ3v) is 3.07. The molecule has 102 valence electrons. The largest absolute Gasteiger partial charge is 0.435 e. The Hall–Kier alpha value is -1.53. The summed E-state index contributed by atoms with van der Waals surface area (Å²) in [7, 11) is 0. The summed E-state index contributed by atoms with van der Waals surface area (Å²) in [4.78, 5) is 0. The molecule has 0 bridgehead atoms. The van der Waals surface area contributed by atoms with Crippen molar-refractivity contribution in [2.45, 2.75) is 19.1 Å². The first kappa shape index (κ1) is 13.9. The van der Waals surface area contributed by atoms with Gasteiger partial charge in [-0.3, -0.25) is 5.10 Å². The molecule has 3 nitrogen and oxygen atoms in total. The van der Waals surface area contributed by atoms with E-state index < -0.39 is 17.9 Å². The lowest BCUT2D eigenvalue weighted by Crippen LogP contribution is -2.14. The standard InChI is InChI=1S/C12H11ClF3N3/c1-6-10(18-19-11(6)12(14,15)16)9(17)7-3-2-4-8(13)5-7/h2-5,9H,17H2,1H3,(H,18,19). The molecule has 0 radical (unpaired) electrons. The summed E-state index contributed by atoms with van der Waals surface area (Å²) < 4.78 is 37.9. The Morgan fingerprint density at radius 1 is 1.37 bits per heavy atom. The van der Waals surface area contributed by atoms with Crippen molar-refractivity contribution in [2.75, 3.05) is 0 Å². The van der Waals surface area contributed by atoms with E-state index in [1.807, 2.05) is 0 Å². The maximum absolute atomic E-state index is 12.6. The van der Waals surface area contributed by atoms with Gasteiger partial charge in [0, 0.05) is 10.6 Å². The highest BCUT2D eigenvalue weighted by atomic mass is 35.5. The molecule has 0 saturated carbocycles. The molecule has 2 aromatic rings. The molecule has 0 aliphatic rings. The summed E-state index contributed by atoms with van der Waals surface area (Å²) in [5.74, 6) is 0. The zero-order valence-corrected chi connectivity index (χ0v) is 10.7. The second-order valence-electron chi connectivity index (χ2n) is 4.14. The average Bonchev–Trinajstić information content (AvgIpc) is 2.70. The van der Waals surface area contributed by atoms with Gasteiger partial charge in [-0.2, -0.15) is 18.3 Å². The number of hydrogen-bond acceptors (Lipinski definition) is 2. The molecule has 19 heavy (non-hydrogen) atoms. The van der Waals surface area contributed by atoms with Crippen LogP contribution in [0.3, 0.4) is 0 Å². The van der Waals surface area contributed by atoms with Gasteiger partial charge in [0.25, 0.3) is 0 Å². The van der Waals surface area contributed by atoms with E-state index in [2.05, 4.69) is 10.2 Å². The van der Waals surface area contributed by atoms with Gasteiger partial charge in [-0.25, -0.2) is 0 Å². The first-order chi connectivity index (χ1) is 8.80. The van der Waals surface area contributed by atoms with Crippen LogP contribution in [0.2, 0.25) is 5.02 Å². The SMILES string of the molecule is Cc1c(C(F)(F)F)n[nH]c1C(N)c1cccc(Cl)c1. The minimum Gasteiger partial charge on any atom is -0.319 e. The van der Waals surface area contributed by atoms with E-state index in [1.54, 1.807) is 24.3 Å². The molecular weight excluding hydrogens is 279 g/mol. The van der Waals surface area contributed by atoms with Gasteiger partial charge >= 0.3 is 6.18 Å². The molecule has 1 unspecified atom stereocenters. The van der Waals surface area contributed by atoms with Crippen molar-refractivity contribution < 1.29 is 13.2 Å². The summed E-state index contributed by atoms with van der Waals surface area (Å²) >= 11 is 5.83. The van der Waals surface area contributed by atoms with E-state index in [0.717, 1.165) is 0 Å². The molecule has 0 fully saturated rings. The summed E-state index contributed by atoms with van der Waals surface area (Å²) in [5, 5.41) is 6.13. The van der Waals surface area contributed by atoms with Gasteiger partial charge in [-0.05, 0) is 24.6 Å². The van der Waals surface area contributed by atoms with Crippen molar-refractivity contribution in [3.63, 3.8) is 0 Å². The van der Waals surface area contributed by atoms with Crippen molar-refractivity contribution in [3.05, 3.63) is 51.8 Å². The Labute approximate surface area is 112 Å². The van der Waals surface area contributed by atoms with E-state index in [4.69, 9.17) is 17.3 Å². The number of nitrogens with one attached hydrogen (secondary N) is 1. The number of aromatic nitrogens is 2. The summed E-state index contributed by atoms with van der Waals surface area (Å²) in [6, 6.07) is 5.93. The molecule has 0 spiro atoms. The van der Waals surface area contributed by atoms with E-state index in [0.29, 0.717) is 10.6 Å². The maximum atomic E-state index is 12.6. The number of aromatic amines is 1. The van der Waals surface area contributed by atoms with Crippen molar-refractivity contribution >= 4 is 11.6 Å². The van der Waals surface area contributed by atoms with Gasteiger partial charge in [-0.1, -0.05) is 23.7 Å². The lowest BCUT2D eigenvalue weighted by molar-refractivity contribution is -0.141.